The highest BCUT2D eigenvalue weighted by molar-refractivity contribution is 5.75. The molecule has 2 rings (SSSR count). The summed E-state index contributed by atoms with van der Waals surface area (Å²) in [5.41, 5.74) is 1.05. The van der Waals surface area contributed by atoms with Crippen molar-refractivity contribution in [2.75, 3.05) is 20.8 Å². The number of carbonyl (C=O) groups excluding carboxylic acids is 1. The number of amides is 2. The number of likely N-dealkylation sites (tertiary alicyclic amines) is 1. The summed E-state index contributed by atoms with van der Waals surface area (Å²) < 4.78 is 10.8. The van der Waals surface area contributed by atoms with Gasteiger partial charge in [-0.3, -0.25) is 0 Å². The molecule has 1 fully saturated rings. The average molecular weight is 320 g/mol. The zero-order valence-corrected chi connectivity index (χ0v) is 14.6. The van der Waals surface area contributed by atoms with E-state index in [1.165, 1.54) is 0 Å². The number of nitrogens with zero attached hydrogens (tertiary/aromatic N) is 1. The molecule has 5 nitrogen and oxygen atoms in total. The maximum Gasteiger partial charge on any atom is 0.318 e. The number of methoxy groups -OCH3 is 2. The SMILES string of the molecule is CCC(CC)NC(=O)N1CCCC1c1ccc(OC)cc1OC. The van der Waals surface area contributed by atoms with Gasteiger partial charge in [-0.25, -0.2) is 4.79 Å². The van der Waals surface area contributed by atoms with Gasteiger partial charge in [-0.1, -0.05) is 13.8 Å². The average Bonchev–Trinajstić information content (AvgIpc) is 3.08. The minimum absolute atomic E-state index is 0.0269. The van der Waals surface area contributed by atoms with Crippen LogP contribution in [0.5, 0.6) is 11.5 Å². The van der Waals surface area contributed by atoms with E-state index in [2.05, 4.69) is 19.2 Å². The zero-order valence-electron chi connectivity index (χ0n) is 14.6. The van der Waals surface area contributed by atoms with Gasteiger partial charge in [0.2, 0.25) is 0 Å². The van der Waals surface area contributed by atoms with Crippen LogP contribution in [0.2, 0.25) is 0 Å². The smallest absolute Gasteiger partial charge is 0.318 e. The second kappa shape index (κ2) is 8.09. The standard InChI is InChI=1S/C18H28N2O3/c1-5-13(6-2)19-18(21)20-11-7-8-16(20)15-10-9-14(22-3)12-17(15)23-4/h9-10,12-13,16H,5-8,11H2,1-4H3,(H,19,21). The summed E-state index contributed by atoms with van der Waals surface area (Å²) in [6.45, 7) is 4.98. The van der Waals surface area contributed by atoms with Crippen LogP contribution in [-0.4, -0.2) is 37.7 Å². The van der Waals surface area contributed by atoms with Crippen LogP contribution in [0.3, 0.4) is 0 Å². The van der Waals surface area contributed by atoms with Gasteiger partial charge in [-0.05, 0) is 37.8 Å². The van der Waals surface area contributed by atoms with Crippen LogP contribution in [0.4, 0.5) is 4.79 Å². The van der Waals surface area contributed by atoms with Crippen molar-refractivity contribution in [1.82, 2.24) is 10.2 Å². The number of ether oxygens (including phenoxy) is 2. The van der Waals surface area contributed by atoms with Gasteiger partial charge < -0.3 is 19.7 Å². The molecule has 0 radical (unpaired) electrons. The highest BCUT2D eigenvalue weighted by Crippen LogP contribution is 2.38. The van der Waals surface area contributed by atoms with E-state index in [1.807, 2.05) is 23.1 Å². The first-order chi connectivity index (χ1) is 11.1. The minimum Gasteiger partial charge on any atom is -0.497 e. The molecular formula is C18H28N2O3. The molecule has 5 heteroatoms. The van der Waals surface area contributed by atoms with Crippen molar-refractivity contribution < 1.29 is 14.3 Å². The number of benzene rings is 1. The third kappa shape index (κ3) is 3.89. The summed E-state index contributed by atoms with van der Waals surface area (Å²) >= 11 is 0. The quantitative estimate of drug-likeness (QED) is 0.868. The first-order valence-corrected chi connectivity index (χ1v) is 8.43. The molecule has 0 saturated carbocycles. The molecule has 1 aliphatic rings. The van der Waals surface area contributed by atoms with Crippen molar-refractivity contribution in [2.45, 2.75) is 51.6 Å². The van der Waals surface area contributed by atoms with Gasteiger partial charge in [0.25, 0.3) is 0 Å². The topological polar surface area (TPSA) is 50.8 Å². The fourth-order valence-electron chi connectivity index (χ4n) is 3.18. The lowest BCUT2D eigenvalue weighted by atomic mass is 10.0. The largest absolute Gasteiger partial charge is 0.497 e. The molecule has 0 aliphatic carbocycles. The highest BCUT2D eigenvalue weighted by atomic mass is 16.5. The van der Waals surface area contributed by atoms with Crippen molar-refractivity contribution in [3.8, 4) is 11.5 Å². The van der Waals surface area contributed by atoms with E-state index >= 15 is 0 Å². The van der Waals surface area contributed by atoms with Crippen LogP contribution in [0.25, 0.3) is 0 Å². The number of urea groups is 1. The molecule has 1 aromatic carbocycles. The molecule has 23 heavy (non-hydrogen) atoms. The maximum absolute atomic E-state index is 12.6. The normalized spacial score (nSPS) is 17.4. The molecule has 1 aromatic rings. The van der Waals surface area contributed by atoms with E-state index in [-0.39, 0.29) is 18.1 Å². The Labute approximate surface area is 139 Å². The molecule has 1 atom stereocenters. The van der Waals surface area contributed by atoms with Crippen LogP contribution < -0.4 is 14.8 Å². The predicted molar refractivity (Wildman–Crippen MR) is 91.1 cm³/mol. The lowest BCUT2D eigenvalue weighted by Gasteiger charge is -2.28. The third-order valence-electron chi connectivity index (χ3n) is 4.63. The molecule has 1 N–H and O–H groups in total. The van der Waals surface area contributed by atoms with Gasteiger partial charge in [0, 0.05) is 24.2 Å². The molecule has 0 aromatic heterocycles. The summed E-state index contributed by atoms with van der Waals surface area (Å²) in [6.07, 6.45) is 3.87. The Bertz CT molecular complexity index is 529. The molecule has 0 bridgehead atoms. The molecule has 1 heterocycles. The van der Waals surface area contributed by atoms with Crippen molar-refractivity contribution in [3.05, 3.63) is 23.8 Å². The lowest BCUT2D eigenvalue weighted by Crippen LogP contribution is -2.44. The molecule has 1 saturated heterocycles. The Kier molecular flexibility index (Phi) is 6.13. The van der Waals surface area contributed by atoms with Gasteiger partial charge in [0.05, 0.1) is 20.3 Å². The first kappa shape index (κ1) is 17.4. The van der Waals surface area contributed by atoms with Crippen molar-refractivity contribution >= 4 is 6.03 Å². The van der Waals surface area contributed by atoms with E-state index in [9.17, 15) is 4.79 Å². The van der Waals surface area contributed by atoms with Gasteiger partial charge >= 0.3 is 6.03 Å². The Hall–Kier alpha value is -1.91. The third-order valence-corrected chi connectivity index (χ3v) is 4.63. The second-order valence-corrected chi connectivity index (χ2v) is 5.92. The van der Waals surface area contributed by atoms with Crippen LogP contribution in [-0.2, 0) is 0 Å². The fourth-order valence-corrected chi connectivity index (χ4v) is 3.18. The number of hydrogen-bond acceptors (Lipinski definition) is 3. The van der Waals surface area contributed by atoms with E-state index in [1.54, 1.807) is 14.2 Å². The molecule has 1 unspecified atom stereocenters. The van der Waals surface area contributed by atoms with E-state index in [0.717, 1.165) is 49.3 Å². The predicted octanol–water partition coefficient (Wildman–Crippen LogP) is 3.74. The van der Waals surface area contributed by atoms with Crippen molar-refractivity contribution in [2.24, 2.45) is 0 Å². The summed E-state index contributed by atoms with van der Waals surface area (Å²) in [4.78, 5) is 14.6. The van der Waals surface area contributed by atoms with Gasteiger partial charge in [0.1, 0.15) is 11.5 Å². The number of carbonyl (C=O) groups is 1. The van der Waals surface area contributed by atoms with E-state index in [0.29, 0.717) is 0 Å². The monoisotopic (exact) mass is 320 g/mol. The summed E-state index contributed by atoms with van der Waals surface area (Å²) in [6, 6.07) is 6.13. The number of hydrogen-bond donors (Lipinski definition) is 1. The minimum atomic E-state index is 0.0269. The van der Waals surface area contributed by atoms with Crippen molar-refractivity contribution in [3.63, 3.8) is 0 Å². The second-order valence-electron chi connectivity index (χ2n) is 5.92. The fraction of sp³-hybridized carbons (Fsp3) is 0.611. The Morgan fingerprint density at radius 3 is 2.65 bits per heavy atom. The van der Waals surface area contributed by atoms with Crippen LogP contribution in [0.15, 0.2) is 18.2 Å². The van der Waals surface area contributed by atoms with Gasteiger partial charge in [-0.2, -0.15) is 0 Å². The molecular weight excluding hydrogens is 292 g/mol. The van der Waals surface area contributed by atoms with Gasteiger partial charge in [0.15, 0.2) is 0 Å². The Balaban J connectivity index is 2.20. The number of nitrogens with one attached hydrogen (secondary N) is 1. The van der Waals surface area contributed by atoms with Crippen LogP contribution >= 0.6 is 0 Å². The molecule has 1 aliphatic heterocycles. The summed E-state index contributed by atoms with van der Waals surface area (Å²) in [5, 5.41) is 3.14. The first-order valence-electron chi connectivity index (χ1n) is 8.43. The van der Waals surface area contributed by atoms with Crippen LogP contribution in [0.1, 0.15) is 51.1 Å². The molecule has 128 valence electrons. The summed E-state index contributed by atoms with van der Waals surface area (Å²) in [5.74, 6) is 1.54. The molecule has 0 spiro atoms. The Morgan fingerprint density at radius 2 is 2.04 bits per heavy atom. The lowest BCUT2D eigenvalue weighted by molar-refractivity contribution is 0.187. The number of rotatable bonds is 6. The highest BCUT2D eigenvalue weighted by Gasteiger charge is 2.32. The van der Waals surface area contributed by atoms with Crippen molar-refractivity contribution in [1.29, 1.82) is 0 Å². The van der Waals surface area contributed by atoms with Crippen LogP contribution in [0, 0.1) is 0 Å². The molecule has 2 amide bonds. The van der Waals surface area contributed by atoms with Gasteiger partial charge in [-0.15, -0.1) is 0 Å². The Morgan fingerprint density at radius 1 is 1.30 bits per heavy atom. The maximum atomic E-state index is 12.6. The summed E-state index contributed by atoms with van der Waals surface area (Å²) in [7, 11) is 3.29. The van der Waals surface area contributed by atoms with E-state index < -0.39 is 0 Å². The van der Waals surface area contributed by atoms with E-state index in [4.69, 9.17) is 9.47 Å². The zero-order chi connectivity index (χ0) is 16.8.